The van der Waals surface area contributed by atoms with Gasteiger partial charge >= 0.3 is 0 Å². The maximum atomic E-state index is 12.8. The Hall–Kier alpha value is -1.87. The molecule has 1 amide bonds. The highest BCUT2D eigenvalue weighted by Gasteiger charge is 2.21. The van der Waals surface area contributed by atoms with Crippen molar-refractivity contribution < 1.29 is 4.79 Å². The number of unbranched alkanes of at least 4 members (excludes halogenated alkanes) is 7. The Bertz CT molecular complexity index is 733. The van der Waals surface area contributed by atoms with Crippen molar-refractivity contribution in [3.63, 3.8) is 0 Å². The van der Waals surface area contributed by atoms with Gasteiger partial charge in [0.2, 0.25) is 5.91 Å². The van der Waals surface area contributed by atoms with Crippen LogP contribution in [-0.2, 0) is 17.6 Å². The highest BCUT2D eigenvalue weighted by Crippen LogP contribution is 2.22. The molecule has 0 aliphatic carbocycles. The Kier molecular flexibility index (Phi) is 13.9. The van der Waals surface area contributed by atoms with Crippen molar-refractivity contribution in [3.8, 4) is 0 Å². The summed E-state index contributed by atoms with van der Waals surface area (Å²) >= 11 is 0. The lowest BCUT2D eigenvalue weighted by molar-refractivity contribution is -0.121. The van der Waals surface area contributed by atoms with E-state index in [-0.39, 0.29) is 11.9 Å². The predicted octanol–water partition coefficient (Wildman–Crippen LogP) is 8.59. The van der Waals surface area contributed by atoms with E-state index in [0.717, 1.165) is 19.3 Å². The fourth-order valence-corrected chi connectivity index (χ4v) is 7.45. The lowest BCUT2D eigenvalue weighted by Crippen LogP contribution is -2.38. The zero-order valence-corrected chi connectivity index (χ0v) is 23.2. The van der Waals surface area contributed by atoms with Crippen LogP contribution in [0.4, 0.5) is 0 Å². The van der Waals surface area contributed by atoms with Crippen molar-refractivity contribution in [1.29, 1.82) is 0 Å². The molecule has 0 atom stereocenters. The fourth-order valence-electron chi connectivity index (χ4n) is 4.86. The van der Waals surface area contributed by atoms with E-state index in [1.165, 1.54) is 74.6 Å². The van der Waals surface area contributed by atoms with Crippen LogP contribution in [0.15, 0.2) is 60.7 Å². The minimum Gasteiger partial charge on any atom is -0.353 e. The van der Waals surface area contributed by atoms with Gasteiger partial charge in [0.05, 0.1) is 0 Å². The number of amides is 1. The molecule has 0 bridgehead atoms. The van der Waals surface area contributed by atoms with Crippen LogP contribution in [-0.4, -0.2) is 20.0 Å². The Morgan fingerprint density at radius 3 is 1.71 bits per heavy atom. The molecule has 0 fully saturated rings. The SMILES string of the molecule is CCCCCCCCCC[Si](C)(C)CCCC(=O)NC(Cc1ccccc1)Cc1ccccc1. The number of rotatable bonds is 18. The molecule has 1 N–H and O–H groups in total. The molecule has 0 aromatic heterocycles. The molecule has 0 aliphatic heterocycles. The normalized spacial score (nSPS) is 11.6. The molecule has 2 aromatic rings. The number of carbonyl (C=O) groups is 1. The van der Waals surface area contributed by atoms with E-state index in [1.54, 1.807) is 0 Å². The van der Waals surface area contributed by atoms with Gasteiger partial charge in [-0.05, 0) is 30.4 Å². The zero-order chi connectivity index (χ0) is 24.5. The quantitative estimate of drug-likeness (QED) is 0.168. The van der Waals surface area contributed by atoms with E-state index in [1.807, 2.05) is 12.1 Å². The van der Waals surface area contributed by atoms with E-state index in [4.69, 9.17) is 0 Å². The number of carbonyl (C=O) groups excluding carboxylic acids is 1. The lowest BCUT2D eigenvalue weighted by atomic mass is 9.99. The van der Waals surface area contributed by atoms with E-state index >= 15 is 0 Å². The second-order valence-corrected chi connectivity index (χ2v) is 16.2. The smallest absolute Gasteiger partial charge is 0.220 e. The van der Waals surface area contributed by atoms with Crippen LogP contribution >= 0.6 is 0 Å². The summed E-state index contributed by atoms with van der Waals surface area (Å²) in [7, 11) is -1.19. The Balaban J connectivity index is 1.70. The Morgan fingerprint density at radius 1 is 0.706 bits per heavy atom. The van der Waals surface area contributed by atoms with Crippen LogP contribution in [0, 0.1) is 0 Å². The van der Waals surface area contributed by atoms with Crippen LogP contribution in [0.3, 0.4) is 0 Å². The maximum absolute atomic E-state index is 12.8. The van der Waals surface area contributed by atoms with Gasteiger partial charge in [0, 0.05) is 20.5 Å². The molecule has 2 rings (SSSR count). The van der Waals surface area contributed by atoms with E-state index in [9.17, 15) is 4.79 Å². The van der Waals surface area contributed by atoms with Crippen LogP contribution < -0.4 is 5.32 Å². The zero-order valence-electron chi connectivity index (χ0n) is 22.2. The monoisotopic (exact) mass is 479 g/mol. The van der Waals surface area contributed by atoms with Crippen molar-refractivity contribution >= 4 is 14.0 Å². The van der Waals surface area contributed by atoms with Crippen LogP contribution in [0.1, 0.15) is 82.3 Å². The average Bonchev–Trinajstić information content (AvgIpc) is 2.82. The largest absolute Gasteiger partial charge is 0.353 e. The molecule has 2 aromatic carbocycles. The minimum atomic E-state index is -1.19. The Labute approximate surface area is 211 Å². The molecule has 0 radical (unpaired) electrons. The second-order valence-electron chi connectivity index (χ2n) is 10.9. The van der Waals surface area contributed by atoms with Crippen LogP contribution in [0.25, 0.3) is 0 Å². The Morgan fingerprint density at radius 2 is 1.18 bits per heavy atom. The van der Waals surface area contributed by atoms with Gasteiger partial charge in [-0.2, -0.15) is 0 Å². The molecular formula is C31H49NOSi. The van der Waals surface area contributed by atoms with Crippen LogP contribution in [0.2, 0.25) is 25.2 Å². The van der Waals surface area contributed by atoms with E-state index in [2.05, 4.69) is 73.9 Å². The van der Waals surface area contributed by atoms with Gasteiger partial charge in [-0.25, -0.2) is 0 Å². The third-order valence-electron chi connectivity index (χ3n) is 6.98. The standard InChI is InChI=1S/C31H49NOSi/c1-4-5-6-7-8-9-10-17-24-34(2,3)25-18-23-31(33)32-30(26-28-19-13-11-14-20-28)27-29-21-15-12-16-22-29/h11-16,19-22,30H,4-10,17-18,23-27H2,1-3H3,(H,32,33). The third kappa shape index (κ3) is 13.1. The van der Waals surface area contributed by atoms with Gasteiger partial charge in [-0.3, -0.25) is 4.79 Å². The average molecular weight is 480 g/mol. The summed E-state index contributed by atoms with van der Waals surface area (Å²) in [5.74, 6) is 0.216. The maximum Gasteiger partial charge on any atom is 0.220 e. The number of nitrogens with one attached hydrogen (secondary N) is 1. The first-order valence-electron chi connectivity index (χ1n) is 13.9. The highest BCUT2D eigenvalue weighted by molar-refractivity contribution is 6.77. The van der Waals surface area contributed by atoms with E-state index < -0.39 is 8.07 Å². The molecule has 2 nitrogen and oxygen atoms in total. The minimum absolute atomic E-state index is 0.139. The second kappa shape index (κ2) is 16.7. The molecular weight excluding hydrogens is 430 g/mol. The summed E-state index contributed by atoms with van der Waals surface area (Å²) in [5, 5.41) is 3.36. The van der Waals surface area contributed by atoms with Crippen molar-refractivity contribution in [1.82, 2.24) is 5.32 Å². The molecule has 0 heterocycles. The van der Waals surface area contributed by atoms with Crippen molar-refractivity contribution in [2.75, 3.05) is 0 Å². The summed E-state index contributed by atoms with van der Waals surface area (Å²) in [5.41, 5.74) is 2.56. The molecule has 3 heteroatoms. The molecule has 0 saturated carbocycles. The molecule has 34 heavy (non-hydrogen) atoms. The van der Waals surface area contributed by atoms with Gasteiger partial charge in [0.1, 0.15) is 0 Å². The number of hydrogen-bond donors (Lipinski definition) is 1. The molecule has 0 saturated heterocycles. The number of hydrogen-bond acceptors (Lipinski definition) is 1. The molecule has 0 unspecified atom stereocenters. The van der Waals surface area contributed by atoms with Crippen molar-refractivity contribution in [3.05, 3.63) is 71.8 Å². The summed E-state index contributed by atoms with van der Waals surface area (Å²) < 4.78 is 0. The molecule has 188 valence electrons. The van der Waals surface area contributed by atoms with Crippen molar-refractivity contribution in [2.24, 2.45) is 0 Å². The fraction of sp³-hybridized carbons (Fsp3) is 0.581. The topological polar surface area (TPSA) is 29.1 Å². The highest BCUT2D eigenvalue weighted by atomic mass is 28.3. The predicted molar refractivity (Wildman–Crippen MR) is 151 cm³/mol. The first kappa shape index (κ1) is 28.4. The summed E-state index contributed by atoms with van der Waals surface area (Å²) in [6, 6.07) is 23.9. The number of benzene rings is 2. The molecule has 0 spiro atoms. The summed E-state index contributed by atoms with van der Waals surface area (Å²) in [6.45, 7) is 7.31. The van der Waals surface area contributed by atoms with Gasteiger partial charge in [-0.15, -0.1) is 0 Å². The van der Waals surface area contributed by atoms with Gasteiger partial charge in [0.15, 0.2) is 0 Å². The van der Waals surface area contributed by atoms with Gasteiger partial charge in [0.25, 0.3) is 0 Å². The molecule has 0 aliphatic rings. The van der Waals surface area contributed by atoms with Gasteiger partial charge < -0.3 is 5.32 Å². The van der Waals surface area contributed by atoms with Crippen LogP contribution in [0.5, 0.6) is 0 Å². The summed E-state index contributed by atoms with van der Waals surface area (Å²) in [4.78, 5) is 12.8. The third-order valence-corrected chi connectivity index (χ3v) is 10.4. The first-order chi connectivity index (χ1) is 16.5. The first-order valence-corrected chi connectivity index (χ1v) is 17.3. The van der Waals surface area contributed by atoms with Crippen molar-refractivity contribution in [2.45, 2.75) is 115 Å². The van der Waals surface area contributed by atoms with Gasteiger partial charge in [-0.1, -0.05) is 144 Å². The van der Waals surface area contributed by atoms with E-state index in [0.29, 0.717) is 6.42 Å². The summed E-state index contributed by atoms with van der Waals surface area (Å²) in [6.07, 6.45) is 14.6. The lowest BCUT2D eigenvalue weighted by Gasteiger charge is -2.23.